The van der Waals surface area contributed by atoms with E-state index in [-0.39, 0.29) is 12.5 Å². The molecular weight excluding hydrogens is 220 g/mol. The molecule has 2 N–H and O–H groups in total. The van der Waals surface area contributed by atoms with Crippen molar-refractivity contribution in [2.24, 2.45) is 0 Å². The Labute approximate surface area is 103 Å². The molecule has 17 heavy (non-hydrogen) atoms. The number of carboxylic acid groups (broad SMARTS) is 1. The average molecular weight is 244 g/mol. The number of carbonyl (C=O) groups excluding carboxylic acids is 1. The molecular formula is C12H24N2O3. The summed E-state index contributed by atoms with van der Waals surface area (Å²) in [4.78, 5) is 24.3. The summed E-state index contributed by atoms with van der Waals surface area (Å²) >= 11 is 0. The lowest BCUT2D eigenvalue weighted by Crippen LogP contribution is -2.51. The van der Waals surface area contributed by atoms with Crippen LogP contribution in [0.15, 0.2) is 0 Å². The number of amides is 2. The van der Waals surface area contributed by atoms with Gasteiger partial charge < -0.3 is 15.3 Å². The first-order chi connectivity index (χ1) is 7.82. The molecule has 0 aliphatic rings. The topological polar surface area (TPSA) is 69.6 Å². The minimum Gasteiger partial charge on any atom is -0.481 e. The molecule has 0 radical (unpaired) electrons. The Balaban J connectivity index is 4.41. The molecule has 0 atom stereocenters. The zero-order chi connectivity index (χ0) is 13.5. The van der Waals surface area contributed by atoms with Crippen LogP contribution in [-0.2, 0) is 4.79 Å². The number of aliphatic carboxylic acids is 1. The van der Waals surface area contributed by atoms with Crippen molar-refractivity contribution in [3.05, 3.63) is 0 Å². The van der Waals surface area contributed by atoms with Crippen LogP contribution in [0.5, 0.6) is 0 Å². The highest BCUT2D eigenvalue weighted by atomic mass is 16.4. The maximum atomic E-state index is 11.9. The largest absolute Gasteiger partial charge is 0.481 e. The third kappa shape index (κ3) is 6.81. The lowest BCUT2D eigenvalue weighted by molar-refractivity contribution is -0.138. The highest BCUT2D eigenvalue weighted by Gasteiger charge is 2.25. The van der Waals surface area contributed by atoms with E-state index in [1.807, 2.05) is 13.8 Å². The normalized spacial score (nSPS) is 11.1. The molecule has 0 unspecified atom stereocenters. The van der Waals surface area contributed by atoms with Crippen LogP contribution in [0.25, 0.3) is 0 Å². The van der Waals surface area contributed by atoms with E-state index in [1.165, 1.54) is 0 Å². The van der Waals surface area contributed by atoms with Crippen LogP contribution in [0.3, 0.4) is 0 Å². The standard InChI is InChI=1S/C12H24N2O3/c1-5-7-14(8-6-2)11(17)13-12(3,4)9-10(15)16/h5-9H2,1-4H3,(H,13,17)(H,15,16). The molecule has 0 spiro atoms. The number of carbonyl (C=O) groups is 2. The molecule has 0 rings (SSSR count). The summed E-state index contributed by atoms with van der Waals surface area (Å²) in [6, 6.07) is -0.181. The second-order valence-electron chi connectivity index (χ2n) is 4.87. The molecule has 0 saturated heterocycles. The van der Waals surface area contributed by atoms with E-state index in [2.05, 4.69) is 5.32 Å². The number of nitrogens with zero attached hydrogens (tertiary/aromatic N) is 1. The van der Waals surface area contributed by atoms with Gasteiger partial charge in [-0.05, 0) is 26.7 Å². The number of hydrogen-bond acceptors (Lipinski definition) is 2. The first-order valence-electron chi connectivity index (χ1n) is 6.11. The van der Waals surface area contributed by atoms with Crippen LogP contribution in [0.1, 0.15) is 47.0 Å². The fourth-order valence-corrected chi connectivity index (χ4v) is 1.65. The maximum Gasteiger partial charge on any atom is 0.317 e. The van der Waals surface area contributed by atoms with E-state index >= 15 is 0 Å². The summed E-state index contributed by atoms with van der Waals surface area (Å²) < 4.78 is 0. The Hall–Kier alpha value is -1.26. The van der Waals surface area contributed by atoms with Crippen molar-refractivity contribution in [2.45, 2.75) is 52.5 Å². The number of hydrogen-bond donors (Lipinski definition) is 2. The Morgan fingerprint density at radius 2 is 1.65 bits per heavy atom. The Kier molecular flexibility index (Phi) is 6.61. The Morgan fingerprint density at radius 1 is 1.18 bits per heavy atom. The van der Waals surface area contributed by atoms with Gasteiger partial charge >= 0.3 is 12.0 Å². The fourth-order valence-electron chi connectivity index (χ4n) is 1.65. The van der Waals surface area contributed by atoms with Crippen molar-refractivity contribution in [3.63, 3.8) is 0 Å². The number of nitrogens with one attached hydrogen (secondary N) is 1. The molecule has 5 nitrogen and oxygen atoms in total. The lowest BCUT2D eigenvalue weighted by atomic mass is 10.0. The highest BCUT2D eigenvalue weighted by Crippen LogP contribution is 2.09. The molecule has 0 aromatic rings. The molecule has 0 fully saturated rings. The van der Waals surface area contributed by atoms with E-state index in [9.17, 15) is 9.59 Å². The Bertz CT molecular complexity index is 258. The molecule has 0 bridgehead atoms. The summed E-state index contributed by atoms with van der Waals surface area (Å²) in [5.74, 6) is -0.909. The predicted octanol–water partition coefficient (Wildman–Crippen LogP) is 2.07. The van der Waals surface area contributed by atoms with Gasteiger partial charge in [-0.15, -0.1) is 0 Å². The first kappa shape index (κ1) is 15.7. The van der Waals surface area contributed by atoms with Gasteiger partial charge in [-0.25, -0.2) is 4.79 Å². The third-order valence-corrected chi connectivity index (χ3v) is 2.31. The zero-order valence-electron chi connectivity index (χ0n) is 11.2. The maximum absolute atomic E-state index is 11.9. The van der Waals surface area contributed by atoms with E-state index in [4.69, 9.17) is 5.11 Å². The van der Waals surface area contributed by atoms with Crippen LogP contribution in [0.4, 0.5) is 4.79 Å². The molecule has 0 aromatic carbocycles. The number of urea groups is 1. The molecule has 0 aliphatic heterocycles. The summed E-state index contributed by atoms with van der Waals surface area (Å²) in [5, 5.41) is 11.5. The van der Waals surface area contributed by atoms with Gasteiger partial charge in [-0.1, -0.05) is 13.8 Å². The first-order valence-corrected chi connectivity index (χ1v) is 6.11. The van der Waals surface area contributed by atoms with Gasteiger partial charge in [0.15, 0.2) is 0 Å². The molecule has 0 saturated carbocycles. The fraction of sp³-hybridized carbons (Fsp3) is 0.833. The SMILES string of the molecule is CCCN(CCC)C(=O)NC(C)(C)CC(=O)O. The number of rotatable bonds is 7. The minimum atomic E-state index is -0.909. The molecule has 2 amide bonds. The van der Waals surface area contributed by atoms with Gasteiger partial charge in [0.05, 0.1) is 6.42 Å². The van der Waals surface area contributed by atoms with Crippen molar-refractivity contribution in [3.8, 4) is 0 Å². The molecule has 0 heterocycles. The molecule has 100 valence electrons. The van der Waals surface area contributed by atoms with Crippen LogP contribution in [-0.4, -0.2) is 40.6 Å². The second kappa shape index (κ2) is 7.14. The van der Waals surface area contributed by atoms with Crippen LogP contribution < -0.4 is 5.32 Å². The summed E-state index contributed by atoms with van der Waals surface area (Å²) in [7, 11) is 0. The molecule has 0 aliphatic carbocycles. The predicted molar refractivity (Wildman–Crippen MR) is 67.0 cm³/mol. The average Bonchev–Trinajstić information content (AvgIpc) is 2.14. The number of carboxylic acids is 1. The van der Waals surface area contributed by atoms with Gasteiger partial charge in [0.25, 0.3) is 0 Å². The Morgan fingerprint density at radius 3 is 2.00 bits per heavy atom. The monoisotopic (exact) mass is 244 g/mol. The van der Waals surface area contributed by atoms with E-state index in [1.54, 1.807) is 18.7 Å². The van der Waals surface area contributed by atoms with Gasteiger partial charge in [-0.2, -0.15) is 0 Å². The zero-order valence-corrected chi connectivity index (χ0v) is 11.2. The highest BCUT2D eigenvalue weighted by molar-refractivity contribution is 5.76. The van der Waals surface area contributed by atoms with Crippen molar-refractivity contribution >= 4 is 12.0 Å². The minimum absolute atomic E-state index is 0.0785. The summed E-state index contributed by atoms with van der Waals surface area (Å²) in [5.41, 5.74) is -0.720. The molecule has 0 aromatic heterocycles. The summed E-state index contributed by atoms with van der Waals surface area (Å²) in [6.45, 7) is 8.85. The van der Waals surface area contributed by atoms with Crippen molar-refractivity contribution < 1.29 is 14.7 Å². The second-order valence-corrected chi connectivity index (χ2v) is 4.87. The van der Waals surface area contributed by atoms with Gasteiger partial charge in [0, 0.05) is 18.6 Å². The van der Waals surface area contributed by atoms with Gasteiger partial charge in [-0.3, -0.25) is 4.79 Å². The van der Waals surface area contributed by atoms with E-state index < -0.39 is 11.5 Å². The third-order valence-electron chi connectivity index (χ3n) is 2.31. The van der Waals surface area contributed by atoms with Crippen molar-refractivity contribution in [2.75, 3.05) is 13.1 Å². The van der Waals surface area contributed by atoms with Crippen LogP contribution in [0, 0.1) is 0 Å². The van der Waals surface area contributed by atoms with Crippen molar-refractivity contribution in [1.29, 1.82) is 0 Å². The molecule has 5 heteroatoms. The smallest absolute Gasteiger partial charge is 0.317 e. The lowest BCUT2D eigenvalue weighted by Gasteiger charge is -2.29. The van der Waals surface area contributed by atoms with Crippen LogP contribution in [0.2, 0.25) is 0 Å². The summed E-state index contributed by atoms with van der Waals surface area (Å²) in [6.07, 6.45) is 1.71. The van der Waals surface area contributed by atoms with Gasteiger partial charge in [0.1, 0.15) is 0 Å². The van der Waals surface area contributed by atoms with E-state index in [0.29, 0.717) is 13.1 Å². The van der Waals surface area contributed by atoms with Crippen LogP contribution >= 0.6 is 0 Å². The van der Waals surface area contributed by atoms with Gasteiger partial charge in [0.2, 0.25) is 0 Å². The van der Waals surface area contributed by atoms with E-state index in [0.717, 1.165) is 12.8 Å². The quantitative estimate of drug-likeness (QED) is 0.720. The van der Waals surface area contributed by atoms with Crippen molar-refractivity contribution in [1.82, 2.24) is 10.2 Å².